The monoisotopic (exact) mass is 474 g/mol. The van der Waals surface area contributed by atoms with Crippen LogP contribution in [0.1, 0.15) is 12.8 Å². The molecule has 8 nitrogen and oxygen atoms in total. The molecule has 1 aliphatic rings. The zero-order valence-corrected chi connectivity index (χ0v) is 18.7. The Morgan fingerprint density at radius 1 is 1.09 bits per heavy atom. The van der Waals surface area contributed by atoms with E-state index in [1.54, 1.807) is 35.1 Å². The van der Waals surface area contributed by atoms with Crippen molar-refractivity contribution in [3.63, 3.8) is 0 Å². The number of ether oxygens (including phenoxy) is 2. The first-order chi connectivity index (χ1) is 15.4. The van der Waals surface area contributed by atoms with Crippen LogP contribution in [0.15, 0.2) is 65.0 Å². The molecule has 168 valence electrons. The third kappa shape index (κ3) is 4.83. The fourth-order valence-corrected chi connectivity index (χ4v) is 6.16. The Morgan fingerprint density at radius 2 is 1.72 bits per heavy atom. The van der Waals surface area contributed by atoms with E-state index in [-0.39, 0.29) is 31.0 Å². The average molecular weight is 475 g/mol. The van der Waals surface area contributed by atoms with Gasteiger partial charge in [0.25, 0.3) is 5.91 Å². The Hall–Kier alpha value is -2.79. The number of hydrogen-bond donors (Lipinski definition) is 2. The second-order valence-corrected chi connectivity index (χ2v) is 10.4. The van der Waals surface area contributed by atoms with Crippen molar-refractivity contribution in [1.82, 2.24) is 10.5 Å². The van der Waals surface area contributed by atoms with Crippen LogP contribution in [0.3, 0.4) is 0 Å². The highest BCUT2D eigenvalue weighted by Gasteiger charge is 2.44. The smallest absolute Gasteiger partial charge is 0.250 e. The van der Waals surface area contributed by atoms with E-state index < -0.39 is 26.9 Å². The van der Waals surface area contributed by atoms with Gasteiger partial charge in [-0.25, -0.2) is 18.9 Å². The van der Waals surface area contributed by atoms with Crippen molar-refractivity contribution >= 4 is 27.1 Å². The van der Waals surface area contributed by atoms with Gasteiger partial charge in [-0.3, -0.25) is 10.0 Å². The maximum atomic E-state index is 13.0. The molecule has 1 saturated heterocycles. The van der Waals surface area contributed by atoms with Crippen LogP contribution in [0.25, 0.3) is 10.6 Å². The summed E-state index contributed by atoms with van der Waals surface area (Å²) < 4.78 is 37.1. The van der Waals surface area contributed by atoms with Crippen LogP contribution in [0.2, 0.25) is 0 Å². The van der Waals surface area contributed by atoms with E-state index in [1.807, 2.05) is 29.6 Å². The molecule has 1 fully saturated rings. The number of nitrogens with zero attached hydrogens (tertiary/aromatic N) is 1. The lowest BCUT2D eigenvalue weighted by atomic mass is 9.81. The van der Waals surface area contributed by atoms with Gasteiger partial charge in [-0.15, -0.1) is 11.3 Å². The minimum absolute atomic E-state index is 0.0839. The first-order valence-electron chi connectivity index (χ1n) is 9.95. The van der Waals surface area contributed by atoms with E-state index in [0.717, 1.165) is 10.6 Å². The topological polar surface area (TPSA) is 115 Å². The van der Waals surface area contributed by atoms with Crippen molar-refractivity contribution in [3.8, 4) is 22.1 Å². The maximum absolute atomic E-state index is 13.0. The predicted molar refractivity (Wildman–Crippen MR) is 119 cm³/mol. The number of amides is 1. The van der Waals surface area contributed by atoms with Crippen LogP contribution in [0, 0.1) is 5.41 Å². The molecular weight excluding hydrogens is 452 g/mol. The Labute approximate surface area is 189 Å². The van der Waals surface area contributed by atoms with E-state index in [4.69, 9.17) is 14.7 Å². The standard InChI is InChI=1S/C22H22N2O6S2/c25-21(24-26)22(9-12-29-13-10-22)15-32(27,28)19-7-5-18(6-8-19)30-17-3-1-16(2-4-17)20-23-11-14-31-20/h1-8,11,14,26H,9-10,12-13,15H2,(H,24,25). The zero-order chi connectivity index (χ0) is 22.6. The second kappa shape index (κ2) is 9.37. The van der Waals surface area contributed by atoms with Gasteiger partial charge in [-0.1, -0.05) is 0 Å². The Balaban J connectivity index is 1.47. The van der Waals surface area contributed by atoms with Crippen LogP contribution in [-0.4, -0.2) is 43.5 Å². The maximum Gasteiger partial charge on any atom is 0.250 e. The number of carbonyl (C=O) groups excluding carboxylic acids is 1. The molecule has 1 aromatic heterocycles. The van der Waals surface area contributed by atoms with Crippen LogP contribution >= 0.6 is 11.3 Å². The van der Waals surface area contributed by atoms with Crippen molar-refractivity contribution in [1.29, 1.82) is 0 Å². The molecule has 2 N–H and O–H groups in total. The van der Waals surface area contributed by atoms with Gasteiger partial charge in [0.2, 0.25) is 0 Å². The molecule has 32 heavy (non-hydrogen) atoms. The molecular formula is C22H22N2O6S2. The number of aromatic nitrogens is 1. The molecule has 0 radical (unpaired) electrons. The van der Waals surface area contributed by atoms with Gasteiger partial charge in [0, 0.05) is 30.4 Å². The molecule has 0 bridgehead atoms. The van der Waals surface area contributed by atoms with E-state index in [9.17, 15) is 13.2 Å². The summed E-state index contributed by atoms with van der Waals surface area (Å²) in [6.45, 7) is 0.522. The quantitative estimate of drug-likeness (QED) is 0.396. The zero-order valence-electron chi connectivity index (χ0n) is 17.1. The number of benzene rings is 2. The van der Waals surface area contributed by atoms with E-state index in [0.29, 0.717) is 11.5 Å². The second-order valence-electron chi connectivity index (χ2n) is 7.53. The van der Waals surface area contributed by atoms with Crippen molar-refractivity contribution in [2.45, 2.75) is 17.7 Å². The summed E-state index contributed by atoms with van der Waals surface area (Å²) in [6.07, 6.45) is 2.19. The lowest BCUT2D eigenvalue weighted by Gasteiger charge is -2.34. The summed E-state index contributed by atoms with van der Waals surface area (Å²) in [7, 11) is -3.78. The Bertz CT molecular complexity index is 1150. The highest BCUT2D eigenvalue weighted by molar-refractivity contribution is 7.91. The van der Waals surface area contributed by atoms with E-state index >= 15 is 0 Å². The van der Waals surface area contributed by atoms with Crippen LogP contribution in [0.5, 0.6) is 11.5 Å². The summed E-state index contributed by atoms with van der Waals surface area (Å²) in [6, 6.07) is 13.5. The van der Waals surface area contributed by atoms with Gasteiger partial charge in [0.1, 0.15) is 16.5 Å². The minimum Gasteiger partial charge on any atom is -0.457 e. The highest BCUT2D eigenvalue weighted by Crippen LogP contribution is 2.35. The summed E-state index contributed by atoms with van der Waals surface area (Å²) in [4.78, 5) is 16.6. The number of sulfone groups is 1. The molecule has 10 heteroatoms. The van der Waals surface area contributed by atoms with Crippen molar-refractivity contribution in [2.24, 2.45) is 5.41 Å². The lowest BCUT2D eigenvalue weighted by molar-refractivity contribution is -0.143. The molecule has 4 rings (SSSR count). The van der Waals surface area contributed by atoms with Gasteiger partial charge in [0.15, 0.2) is 9.84 Å². The SMILES string of the molecule is O=C(NO)C1(CS(=O)(=O)c2ccc(Oc3ccc(-c4nccs4)cc3)cc2)CCOCC1. The number of rotatable bonds is 7. The first kappa shape index (κ1) is 22.4. The van der Waals surface area contributed by atoms with Crippen LogP contribution < -0.4 is 10.2 Å². The molecule has 1 amide bonds. The van der Waals surface area contributed by atoms with Crippen molar-refractivity contribution in [2.75, 3.05) is 19.0 Å². The third-order valence-corrected chi connectivity index (χ3v) is 8.20. The third-order valence-electron chi connectivity index (χ3n) is 5.45. The summed E-state index contributed by atoms with van der Waals surface area (Å²) in [5.41, 5.74) is 1.38. The van der Waals surface area contributed by atoms with Gasteiger partial charge >= 0.3 is 0 Å². The van der Waals surface area contributed by atoms with E-state index in [1.165, 1.54) is 12.1 Å². The van der Waals surface area contributed by atoms with Crippen molar-refractivity contribution in [3.05, 3.63) is 60.1 Å². The normalized spacial score (nSPS) is 15.8. The van der Waals surface area contributed by atoms with Gasteiger partial charge < -0.3 is 9.47 Å². The molecule has 3 aromatic rings. The molecule has 0 saturated carbocycles. The predicted octanol–water partition coefficient (Wildman–Crippen LogP) is 3.68. The Morgan fingerprint density at radius 3 is 2.28 bits per heavy atom. The van der Waals surface area contributed by atoms with E-state index in [2.05, 4.69) is 4.98 Å². The van der Waals surface area contributed by atoms with Crippen LogP contribution in [-0.2, 0) is 19.4 Å². The fourth-order valence-electron chi connectivity index (χ4n) is 3.65. The van der Waals surface area contributed by atoms with Crippen LogP contribution in [0.4, 0.5) is 0 Å². The Kier molecular flexibility index (Phi) is 6.56. The largest absolute Gasteiger partial charge is 0.457 e. The average Bonchev–Trinajstić information content (AvgIpc) is 3.35. The summed E-state index contributed by atoms with van der Waals surface area (Å²) in [5.74, 6) is -0.0131. The molecule has 2 heterocycles. The van der Waals surface area contributed by atoms with Gasteiger partial charge in [-0.2, -0.15) is 0 Å². The molecule has 0 atom stereocenters. The number of hydroxylamine groups is 1. The fraction of sp³-hybridized carbons (Fsp3) is 0.273. The molecule has 1 aliphatic heterocycles. The number of carbonyl (C=O) groups is 1. The lowest BCUT2D eigenvalue weighted by Crippen LogP contribution is -2.47. The first-order valence-corrected chi connectivity index (χ1v) is 12.5. The van der Waals surface area contributed by atoms with Gasteiger partial charge in [0.05, 0.1) is 16.1 Å². The number of thiazole rings is 1. The summed E-state index contributed by atoms with van der Waals surface area (Å²) >= 11 is 1.55. The molecule has 2 aromatic carbocycles. The molecule has 0 spiro atoms. The minimum atomic E-state index is -3.78. The highest BCUT2D eigenvalue weighted by atomic mass is 32.2. The number of nitrogens with one attached hydrogen (secondary N) is 1. The van der Waals surface area contributed by atoms with Gasteiger partial charge in [-0.05, 0) is 61.4 Å². The summed E-state index contributed by atoms with van der Waals surface area (Å²) in [5, 5.41) is 11.9. The molecule has 0 aliphatic carbocycles. The molecule has 0 unspecified atom stereocenters. The van der Waals surface area contributed by atoms with Crippen molar-refractivity contribution < 1.29 is 27.9 Å². The number of hydrogen-bond acceptors (Lipinski definition) is 8.